The van der Waals surface area contributed by atoms with Gasteiger partial charge in [0, 0.05) is 43.3 Å². The molecule has 2 aromatic rings. The fraction of sp³-hybridized carbons (Fsp3) is 0.389. The molecule has 0 aliphatic rings. The van der Waals surface area contributed by atoms with Crippen LogP contribution in [0.5, 0.6) is 17.2 Å². The van der Waals surface area contributed by atoms with Crippen LogP contribution in [0.3, 0.4) is 0 Å². The first-order chi connectivity index (χ1) is 13.0. The van der Waals surface area contributed by atoms with E-state index in [0.717, 1.165) is 6.54 Å². The van der Waals surface area contributed by atoms with Crippen LogP contribution in [-0.2, 0) is 0 Å². The molecule has 0 bridgehead atoms. The zero-order valence-electron chi connectivity index (χ0n) is 16.2. The summed E-state index contributed by atoms with van der Waals surface area (Å²) in [5.74, 6) is 1.48. The number of benzene rings is 1. The maximum atomic E-state index is 12.5. The lowest BCUT2D eigenvalue weighted by atomic mass is 10.2. The molecule has 2 rings (SSSR count). The fourth-order valence-electron chi connectivity index (χ4n) is 2.28. The third kappa shape index (κ3) is 5.45. The minimum Gasteiger partial charge on any atom is -0.493 e. The van der Waals surface area contributed by atoms with Crippen molar-refractivity contribution in [2.75, 3.05) is 59.1 Å². The van der Waals surface area contributed by atoms with Crippen molar-refractivity contribution in [3.63, 3.8) is 0 Å². The van der Waals surface area contributed by atoms with E-state index < -0.39 is 0 Å². The first-order valence-corrected chi connectivity index (χ1v) is 8.30. The van der Waals surface area contributed by atoms with Crippen LogP contribution in [0.1, 0.15) is 10.4 Å². The van der Waals surface area contributed by atoms with Crippen molar-refractivity contribution in [2.45, 2.75) is 0 Å². The largest absolute Gasteiger partial charge is 0.493 e. The average Bonchev–Trinajstić information content (AvgIpc) is 2.67. The van der Waals surface area contributed by atoms with Gasteiger partial charge in [-0.15, -0.1) is 0 Å². The van der Waals surface area contributed by atoms with Crippen molar-refractivity contribution in [1.29, 1.82) is 0 Å². The van der Waals surface area contributed by atoms with E-state index >= 15 is 0 Å². The van der Waals surface area contributed by atoms with Gasteiger partial charge in [-0.05, 0) is 14.1 Å². The number of carbonyl (C=O) groups is 1. The monoisotopic (exact) mass is 375 g/mol. The number of anilines is 2. The SMILES string of the molecule is COc1cc(NC(=O)c2cnc(NCCN(C)C)nc2)cc(OC)c1OC. The highest BCUT2D eigenvalue weighted by Crippen LogP contribution is 2.39. The molecule has 0 aliphatic heterocycles. The molecular weight excluding hydrogens is 350 g/mol. The summed E-state index contributed by atoms with van der Waals surface area (Å²) in [7, 11) is 8.51. The van der Waals surface area contributed by atoms with E-state index in [2.05, 4.69) is 20.6 Å². The minimum absolute atomic E-state index is 0.335. The van der Waals surface area contributed by atoms with Gasteiger partial charge in [0.15, 0.2) is 11.5 Å². The molecule has 1 aromatic heterocycles. The van der Waals surface area contributed by atoms with Crippen molar-refractivity contribution in [3.05, 3.63) is 30.1 Å². The van der Waals surface area contributed by atoms with Crippen LogP contribution in [-0.4, -0.2) is 69.3 Å². The van der Waals surface area contributed by atoms with Crippen LogP contribution in [0.2, 0.25) is 0 Å². The molecule has 1 heterocycles. The third-order valence-electron chi connectivity index (χ3n) is 3.68. The van der Waals surface area contributed by atoms with E-state index in [9.17, 15) is 4.79 Å². The van der Waals surface area contributed by atoms with Crippen molar-refractivity contribution in [1.82, 2.24) is 14.9 Å². The Hall–Kier alpha value is -3.07. The minimum atomic E-state index is -0.343. The summed E-state index contributed by atoms with van der Waals surface area (Å²) < 4.78 is 15.8. The van der Waals surface area contributed by atoms with Gasteiger partial charge in [-0.2, -0.15) is 0 Å². The number of likely N-dealkylation sites (N-methyl/N-ethyl adjacent to an activating group) is 1. The normalized spacial score (nSPS) is 10.4. The maximum Gasteiger partial charge on any atom is 0.258 e. The van der Waals surface area contributed by atoms with E-state index in [1.54, 1.807) is 12.1 Å². The molecule has 0 saturated carbocycles. The Labute approximate surface area is 158 Å². The molecule has 0 aliphatic carbocycles. The lowest BCUT2D eigenvalue weighted by Gasteiger charge is -2.14. The molecule has 9 heteroatoms. The summed E-state index contributed by atoms with van der Waals surface area (Å²) in [6.45, 7) is 1.57. The number of aromatic nitrogens is 2. The van der Waals surface area contributed by atoms with E-state index in [-0.39, 0.29) is 5.91 Å². The fourth-order valence-corrected chi connectivity index (χ4v) is 2.28. The highest BCUT2D eigenvalue weighted by Gasteiger charge is 2.15. The third-order valence-corrected chi connectivity index (χ3v) is 3.68. The van der Waals surface area contributed by atoms with Gasteiger partial charge in [-0.3, -0.25) is 4.79 Å². The molecule has 1 aromatic carbocycles. The van der Waals surface area contributed by atoms with Crippen LogP contribution in [0, 0.1) is 0 Å². The number of carbonyl (C=O) groups excluding carboxylic acids is 1. The molecule has 0 radical (unpaired) electrons. The molecule has 9 nitrogen and oxygen atoms in total. The van der Waals surface area contributed by atoms with E-state index in [1.807, 2.05) is 19.0 Å². The molecule has 0 atom stereocenters. The number of amides is 1. The predicted octanol–water partition coefficient (Wildman–Crippen LogP) is 1.73. The molecule has 0 fully saturated rings. The summed E-state index contributed by atoms with van der Waals surface area (Å²) >= 11 is 0. The van der Waals surface area contributed by atoms with Gasteiger partial charge in [-0.25, -0.2) is 9.97 Å². The summed E-state index contributed by atoms with van der Waals surface area (Å²) in [4.78, 5) is 22.8. The molecule has 146 valence electrons. The van der Waals surface area contributed by atoms with Crippen LogP contribution < -0.4 is 24.8 Å². The lowest BCUT2D eigenvalue weighted by molar-refractivity contribution is 0.102. The number of ether oxygens (including phenoxy) is 3. The number of nitrogens with zero attached hydrogens (tertiary/aromatic N) is 3. The van der Waals surface area contributed by atoms with Crippen molar-refractivity contribution >= 4 is 17.5 Å². The Morgan fingerprint density at radius 1 is 1.04 bits per heavy atom. The van der Waals surface area contributed by atoms with Crippen LogP contribution in [0.4, 0.5) is 11.6 Å². The zero-order valence-corrected chi connectivity index (χ0v) is 16.2. The van der Waals surface area contributed by atoms with Gasteiger partial charge >= 0.3 is 0 Å². The van der Waals surface area contributed by atoms with E-state index in [1.165, 1.54) is 33.7 Å². The van der Waals surface area contributed by atoms with Gasteiger partial charge in [0.05, 0.1) is 26.9 Å². The molecule has 2 N–H and O–H groups in total. The number of methoxy groups -OCH3 is 3. The van der Waals surface area contributed by atoms with Crippen molar-refractivity contribution < 1.29 is 19.0 Å². The Kier molecular flexibility index (Phi) is 7.18. The average molecular weight is 375 g/mol. The second-order valence-electron chi connectivity index (χ2n) is 5.89. The quantitative estimate of drug-likeness (QED) is 0.684. The van der Waals surface area contributed by atoms with E-state index in [4.69, 9.17) is 14.2 Å². The van der Waals surface area contributed by atoms with Crippen LogP contribution in [0.25, 0.3) is 0 Å². The highest BCUT2D eigenvalue weighted by molar-refractivity contribution is 6.04. The van der Waals surface area contributed by atoms with Crippen LogP contribution in [0.15, 0.2) is 24.5 Å². The molecule has 0 saturated heterocycles. The summed E-state index contributed by atoms with van der Waals surface area (Å²) in [5.41, 5.74) is 0.838. The standard InChI is InChI=1S/C18H25N5O4/c1-23(2)7-6-19-18-20-10-12(11-21-18)17(24)22-13-8-14(25-3)16(27-5)15(9-13)26-4/h8-11H,6-7H2,1-5H3,(H,22,24)(H,19,20,21). The van der Waals surface area contributed by atoms with Gasteiger partial charge in [0.1, 0.15) is 0 Å². The number of nitrogens with one attached hydrogen (secondary N) is 2. The molecular formula is C18H25N5O4. The Morgan fingerprint density at radius 3 is 2.11 bits per heavy atom. The highest BCUT2D eigenvalue weighted by atomic mass is 16.5. The smallest absolute Gasteiger partial charge is 0.258 e. The van der Waals surface area contributed by atoms with Gasteiger partial charge in [0.2, 0.25) is 11.7 Å². The topological polar surface area (TPSA) is 97.8 Å². The Morgan fingerprint density at radius 2 is 1.63 bits per heavy atom. The molecule has 27 heavy (non-hydrogen) atoms. The zero-order chi connectivity index (χ0) is 19.8. The molecule has 0 spiro atoms. The summed E-state index contributed by atoms with van der Waals surface area (Å²) in [6.07, 6.45) is 2.94. The Bertz CT molecular complexity index is 740. The van der Waals surface area contributed by atoms with Crippen LogP contribution >= 0.6 is 0 Å². The maximum absolute atomic E-state index is 12.5. The summed E-state index contributed by atoms with van der Waals surface area (Å²) in [6, 6.07) is 3.30. The number of rotatable bonds is 9. The second kappa shape index (κ2) is 9.58. The molecule has 1 amide bonds. The second-order valence-corrected chi connectivity index (χ2v) is 5.89. The first-order valence-electron chi connectivity index (χ1n) is 8.30. The predicted molar refractivity (Wildman–Crippen MR) is 103 cm³/mol. The summed E-state index contributed by atoms with van der Waals surface area (Å²) in [5, 5.41) is 5.87. The van der Waals surface area contributed by atoms with Crippen molar-refractivity contribution in [2.24, 2.45) is 0 Å². The number of hydrogen-bond donors (Lipinski definition) is 2. The van der Waals surface area contributed by atoms with Gasteiger partial charge in [0.25, 0.3) is 5.91 Å². The van der Waals surface area contributed by atoms with Gasteiger partial charge < -0.3 is 29.7 Å². The lowest BCUT2D eigenvalue weighted by Crippen LogP contribution is -2.21. The first kappa shape index (κ1) is 20.2. The van der Waals surface area contributed by atoms with Crippen molar-refractivity contribution in [3.8, 4) is 17.2 Å². The molecule has 0 unspecified atom stereocenters. The van der Waals surface area contributed by atoms with E-state index in [0.29, 0.717) is 41.0 Å². The number of hydrogen-bond acceptors (Lipinski definition) is 8. The Balaban J connectivity index is 2.08. The van der Waals surface area contributed by atoms with Gasteiger partial charge in [-0.1, -0.05) is 0 Å².